The summed E-state index contributed by atoms with van der Waals surface area (Å²) in [7, 11) is 0. The molecule has 1 aromatic heterocycles. The zero-order chi connectivity index (χ0) is 10.6. The Morgan fingerprint density at radius 1 is 1.43 bits per heavy atom. The lowest BCUT2D eigenvalue weighted by Crippen LogP contribution is -2.23. The van der Waals surface area contributed by atoms with Crippen molar-refractivity contribution in [1.29, 1.82) is 0 Å². The van der Waals surface area contributed by atoms with Crippen LogP contribution < -0.4 is 0 Å². The lowest BCUT2D eigenvalue weighted by atomic mass is 9.81. The van der Waals surface area contributed by atoms with Gasteiger partial charge in [0, 0.05) is 16.4 Å². The van der Waals surface area contributed by atoms with Crippen molar-refractivity contribution < 1.29 is 0 Å². The standard InChI is InChI=1S/C11H18BrNS/c1-4-11(5-2,8-12)6-10-7-13-9(3)14-10/h7H,4-6,8H2,1-3H3. The van der Waals surface area contributed by atoms with Crippen LogP contribution in [0.5, 0.6) is 0 Å². The maximum atomic E-state index is 4.31. The van der Waals surface area contributed by atoms with Crippen LogP contribution in [0.2, 0.25) is 0 Å². The molecule has 1 heterocycles. The van der Waals surface area contributed by atoms with Crippen molar-refractivity contribution in [2.45, 2.75) is 40.0 Å². The van der Waals surface area contributed by atoms with Crippen molar-refractivity contribution in [3.8, 4) is 0 Å². The Labute approximate surface area is 99.1 Å². The normalized spacial score (nSPS) is 12.0. The van der Waals surface area contributed by atoms with E-state index in [1.165, 1.54) is 22.7 Å². The molecule has 1 rings (SSSR count). The highest BCUT2D eigenvalue weighted by molar-refractivity contribution is 9.09. The van der Waals surface area contributed by atoms with E-state index in [0.717, 1.165) is 11.8 Å². The molecule has 0 amide bonds. The number of thiazole rings is 1. The molecule has 0 saturated carbocycles. The largest absolute Gasteiger partial charge is 0.250 e. The van der Waals surface area contributed by atoms with Crippen molar-refractivity contribution >= 4 is 27.3 Å². The molecule has 0 radical (unpaired) electrons. The Hall–Kier alpha value is 0.110. The third-order valence-corrected chi connectivity index (χ3v) is 5.10. The number of halogens is 1. The van der Waals surface area contributed by atoms with E-state index in [1.54, 1.807) is 0 Å². The fraction of sp³-hybridized carbons (Fsp3) is 0.727. The van der Waals surface area contributed by atoms with Gasteiger partial charge in [-0.1, -0.05) is 29.8 Å². The molecule has 0 fully saturated rings. The van der Waals surface area contributed by atoms with Crippen LogP contribution in [0.3, 0.4) is 0 Å². The van der Waals surface area contributed by atoms with Crippen LogP contribution >= 0.6 is 27.3 Å². The Morgan fingerprint density at radius 3 is 2.43 bits per heavy atom. The molecule has 3 heteroatoms. The van der Waals surface area contributed by atoms with Crippen molar-refractivity contribution in [2.75, 3.05) is 5.33 Å². The third kappa shape index (κ3) is 2.80. The molecule has 0 aliphatic carbocycles. The zero-order valence-electron chi connectivity index (χ0n) is 9.14. The Kier molecular flexibility index (Phi) is 4.58. The van der Waals surface area contributed by atoms with Crippen LogP contribution in [0.1, 0.15) is 36.6 Å². The van der Waals surface area contributed by atoms with Crippen LogP contribution in [0, 0.1) is 12.3 Å². The molecule has 80 valence electrons. The fourth-order valence-electron chi connectivity index (χ4n) is 1.59. The molecule has 0 spiro atoms. The van der Waals surface area contributed by atoms with E-state index in [-0.39, 0.29) is 0 Å². The second-order valence-corrected chi connectivity index (χ2v) is 5.74. The lowest BCUT2D eigenvalue weighted by molar-refractivity contribution is 0.309. The average Bonchev–Trinajstić information content (AvgIpc) is 2.61. The van der Waals surface area contributed by atoms with Gasteiger partial charge in [-0.15, -0.1) is 11.3 Å². The number of aromatic nitrogens is 1. The number of hydrogen-bond acceptors (Lipinski definition) is 2. The van der Waals surface area contributed by atoms with Gasteiger partial charge in [-0.05, 0) is 31.6 Å². The van der Waals surface area contributed by atoms with E-state index < -0.39 is 0 Å². The number of hydrogen-bond donors (Lipinski definition) is 0. The Balaban J connectivity index is 2.73. The molecule has 0 bridgehead atoms. The molecule has 0 atom stereocenters. The summed E-state index contributed by atoms with van der Waals surface area (Å²) in [6.45, 7) is 6.62. The van der Waals surface area contributed by atoms with Crippen LogP contribution in [0.25, 0.3) is 0 Å². The zero-order valence-corrected chi connectivity index (χ0v) is 11.5. The molecular formula is C11H18BrNS. The van der Waals surface area contributed by atoms with Gasteiger partial charge in [0.25, 0.3) is 0 Å². The predicted octanol–water partition coefficient (Wildman–Crippen LogP) is 4.20. The Morgan fingerprint density at radius 2 is 2.07 bits per heavy atom. The lowest BCUT2D eigenvalue weighted by Gasteiger charge is -2.28. The SMILES string of the molecule is CCC(CC)(CBr)Cc1cnc(C)s1. The van der Waals surface area contributed by atoms with Gasteiger partial charge in [0.05, 0.1) is 5.01 Å². The van der Waals surface area contributed by atoms with E-state index >= 15 is 0 Å². The first-order chi connectivity index (χ1) is 6.65. The van der Waals surface area contributed by atoms with Crippen LogP contribution in [0.4, 0.5) is 0 Å². The summed E-state index contributed by atoms with van der Waals surface area (Å²) >= 11 is 5.47. The van der Waals surface area contributed by atoms with E-state index in [2.05, 4.69) is 41.7 Å². The summed E-state index contributed by atoms with van der Waals surface area (Å²) in [5.41, 5.74) is 0.430. The van der Waals surface area contributed by atoms with Crippen molar-refractivity contribution in [1.82, 2.24) is 4.98 Å². The van der Waals surface area contributed by atoms with E-state index in [0.29, 0.717) is 5.41 Å². The minimum absolute atomic E-state index is 0.430. The summed E-state index contributed by atoms with van der Waals surface area (Å²) in [4.78, 5) is 5.73. The second kappa shape index (κ2) is 5.26. The van der Waals surface area contributed by atoms with Crippen LogP contribution in [-0.2, 0) is 6.42 Å². The first kappa shape index (κ1) is 12.2. The highest BCUT2D eigenvalue weighted by Crippen LogP contribution is 2.34. The summed E-state index contributed by atoms with van der Waals surface area (Å²) in [5, 5.41) is 2.26. The fourth-order valence-corrected chi connectivity index (χ4v) is 3.55. The monoisotopic (exact) mass is 275 g/mol. The van der Waals surface area contributed by atoms with Gasteiger partial charge >= 0.3 is 0 Å². The maximum Gasteiger partial charge on any atom is 0.0896 e. The van der Waals surface area contributed by atoms with Crippen molar-refractivity contribution in [3.05, 3.63) is 16.1 Å². The topological polar surface area (TPSA) is 12.9 Å². The molecule has 1 aromatic rings. The second-order valence-electron chi connectivity index (χ2n) is 3.86. The highest BCUT2D eigenvalue weighted by Gasteiger charge is 2.25. The van der Waals surface area contributed by atoms with Gasteiger partial charge in [-0.3, -0.25) is 0 Å². The quantitative estimate of drug-likeness (QED) is 0.735. The molecule has 0 saturated heterocycles. The number of aryl methyl sites for hydroxylation is 1. The third-order valence-electron chi connectivity index (χ3n) is 3.00. The van der Waals surface area contributed by atoms with E-state index in [9.17, 15) is 0 Å². The van der Waals surface area contributed by atoms with Gasteiger partial charge in [0.1, 0.15) is 0 Å². The van der Waals surface area contributed by atoms with Gasteiger partial charge in [-0.25, -0.2) is 4.98 Å². The minimum Gasteiger partial charge on any atom is -0.250 e. The molecule has 0 N–H and O–H groups in total. The molecule has 0 unspecified atom stereocenters. The maximum absolute atomic E-state index is 4.31. The number of nitrogens with zero attached hydrogens (tertiary/aromatic N) is 1. The average molecular weight is 276 g/mol. The van der Waals surface area contributed by atoms with Crippen LogP contribution in [-0.4, -0.2) is 10.3 Å². The predicted molar refractivity (Wildman–Crippen MR) is 67.4 cm³/mol. The van der Waals surface area contributed by atoms with E-state index in [4.69, 9.17) is 0 Å². The molecule has 0 aliphatic rings. The highest BCUT2D eigenvalue weighted by atomic mass is 79.9. The van der Waals surface area contributed by atoms with Gasteiger partial charge < -0.3 is 0 Å². The van der Waals surface area contributed by atoms with E-state index in [1.807, 2.05) is 17.5 Å². The van der Waals surface area contributed by atoms with Crippen LogP contribution in [0.15, 0.2) is 6.20 Å². The van der Waals surface area contributed by atoms with Crippen molar-refractivity contribution in [2.24, 2.45) is 5.41 Å². The summed E-state index contributed by atoms with van der Waals surface area (Å²) in [6, 6.07) is 0. The number of alkyl halides is 1. The number of rotatable bonds is 5. The van der Waals surface area contributed by atoms with Gasteiger partial charge in [0.2, 0.25) is 0 Å². The summed E-state index contributed by atoms with van der Waals surface area (Å²) in [5.74, 6) is 0. The molecular weight excluding hydrogens is 258 g/mol. The molecule has 14 heavy (non-hydrogen) atoms. The molecule has 0 aromatic carbocycles. The first-order valence-corrected chi connectivity index (χ1v) is 7.07. The summed E-state index contributed by atoms with van der Waals surface area (Å²) in [6.07, 6.45) is 5.65. The molecule has 1 nitrogen and oxygen atoms in total. The smallest absolute Gasteiger partial charge is 0.0896 e. The van der Waals surface area contributed by atoms with Gasteiger partial charge in [-0.2, -0.15) is 0 Å². The molecule has 0 aliphatic heterocycles. The Bertz CT molecular complexity index is 270. The minimum atomic E-state index is 0.430. The van der Waals surface area contributed by atoms with Crippen molar-refractivity contribution in [3.63, 3.8) is 0 Å². The summed E-state index contributed by atoms with van der Waals surface area (Å²) < 4.78 is 0. The van der Waals surface area contributed by atoms with Gasteiger partial charge in [0.15, 0.2) is 0 Å². The first-order valence-electron chi connectivity index (χ1n) is 5.13.